The van der Waals surface area contributed by atoms with Crippen molar-refractivity contribution in [2.24, 2.45) is 0 Å². The molecular formula is C16H17N3. The highest BCUT2D eigenvalue weighted by molar-refractivity contribution is 5.86. The zero-order valence-corrected chi connectivity index (χ0v) is 11.5. The second kappa shape index (κ2) is 4.19. The molecule has 0 aliphatic heterocycles. The highest BCUT2D eigenvalue weighted by Gasteiger charge is 2.20. The first-order chi connectivity index (χ1) is 9.05. The molecule has 0 fully saturated rings. The molecule has 0 aliphatic carbocycles. The van der Waals surface area contributed by atoms with Gasteiger partial charge >= 0.3 is 0 Å². The molecule has 3 rings (SSSR count). The maximum Gasteiger partial charge on any atom is 0.154 e. The standard InChI is InChI=1S/C16H17N3/c1-16(2,3)15-13-8-5-4-7-12(13)11-14(18-15)19-10-6-9-17-19/h4-11H,1-3H3. The summed E-state index contributed by atoms with van der Waals surface area (Å²) in [5, 5.41) is 6.69. The first-order valence-electron chi connectivity index (χ1n) is 6.46. The van der Waals surface area contributed by atoms with E-state index < -0.39 is 0 Å². The Balaban J connectivity index is 2.33. The quantitative estimate of drug-likeness (QED) is 0.660. The van der Waals surface area contributed by atoms with E-state index in [1.165, 1.54) is 10.8 Å². The van der Waals surface area contributed by atoms with Crippen molar-refractivity contribution < 1.29 is 0 Å². The number of benzene rings is 1. The summed E-state index contributed by atoms with van der Waals surface area (Å²) in [6, 6.07) is 12.4. The van der Waals surface area contributed by atoms with Crippen molar-refractivity contribution in [3.63, 3.8) is 0 Å². The number of aromatic nitrogens is 3. The van der Waals surface area contributed by atoms with E-state index in [1.807, 2.05) is 16.9 Å². The van der Waals surface area contributed by atoms with Crippen LogP contribution in [0, 0.1) is 0 Å². The van der Waals surface area contributed by atoms with Crippen molar-refractivity contribution in [1.82, 2.24) is 14.8 Å². The van der Waals surface area contributed by atoms with Gasteiger partial charge in [0.25, 0.3) is 0 Å². The van der Waals surface area contributed by atoms with Gasteiger partial charge in [-0.2, -0.15) is 5.10 Å². The summed E-state index contributed by atoms with van der Waals surface area (Å²) in [5.41, 5.74) is 1.11. The number of nitrogens with zero attached hydrogens (tertiary/aromatic N) is 3. The molecule has 3 heteroatoms. The molecule has 0 N–H and O–H groups in total. The minimum atomic E-state index is 0.00274. The highest BCUT2D eigenvalue weighted by Crippen LogP contribution is 2.29. The molecular weight excluding hydrogens is 234 g/mol. The molecule has 0 unspecified atom stereocenters. The summed E-state index contributed by atoms with van der Waals surface area (Å²) in [6.45, 7) is 6.57. The third kappa shape index (κ3) is 2.12. The fourth-order valence-electron chi connectivity index (χ4n) is 2.28. The molecule has 96 valence electrons. The average Bonchev–Trinajstić information content (AvgIpc) is 2.90. The molecule has 0 saturated carbocycles. The SMILES string of the molecule is CC(C)(C)c1nc(-n2cccn2)cc2ccccc12. The van der Waals surface area contributed by atoms with E-state index in [9.17, 15) is 0 Å². The first-order valence-corrected chi connectivity index (χ1v) is 6.46. The average molecular weight is 251 g/mol. The lowest BCUT2D eigenvalue weighted by molar-refractivity contribution is 0.572. The van der Waals surface area contributed by atoms with Gasteiger partial charge in [0.05, 0.1) is 5.69 Å². The van der Waals surface area contributed by atoms with Gasteiger partial charge in [0.15, 0.2) is 5.82 Å². The summed E-state index contributed by atoms with van der Waals surface area (Å²) in [7, 11) is 0. The summed E-state index contributed by atoms with van der Waals surface area (Å²) in [5.74, 6) is 0.869. The summed E-state index contributed by atoms with van der Waals surface area (Å²) < 4.78 is 1.81. The van der Waals surface area contributed by atoms with Crippen molar-refractivity contribution in [2.45, 2.75) is 26.2 Å². The van der Waals surface area contributed by atoms with Crippen molar-refractivity contribution in [3.05, 3.63) is 54.5 Å². The van der Waals surface area contributed by atoms with Crippen LogP contribution in [0.2, 0.25) is 0 Å². The normalized spacial score (nSPS) is 11.9. The van der Waals surface area contributed by atoms with Gasteiger partial charge in [0.2, 0.25) is 0 Å². The number of hydrogen-bond acceptors (Lipinski definition) is 2. The second-order valence-electron chi connectivity index (χ2n) is 5.75. The van der Waals surface area contributed by atoms with Crippen molar-refractivity contribution in [3.8, 4) is 5.82 Å². The molecule has 0 radical (unpaired) electrons. The Labute approximate surface area is 112 Å². The Morgan fingerprint density at radius 3 is 2.53 bits per heavy atom. The number of pyridine rings is 1. The van der Waals surface area contributed by atoms with Gasteiger partial charge in [-0.3, -0.25) is 0 Å². The smallest absolute Gasteiger partial charge is 0.154 e. The maximum absolute atomic E-state index is 4.82. The molecule has 0 spiro atoms. The maximum atomic E-state index is 4.82. The molecule has 0 atom stereocenters. The van der Waals surface area contributed by atoms with Crippen LogP contribution in [0.5, 0.6) is 0 Å². The van der Waals surface area contributed by atoms with Gasteiger partial charge in [0, 0.05) is 23.2 Å². The second-order valence-corrected chi connectivity index (χ2v) is 5.75. The highest BCUT2D eigenvalue weighted by atomic mass is 15.3. The minimum absolute atomic E-state index is 0.00274. The lowest BCUT2D eigenvalue weighted by Crippen LogP contribution is -2.16. The van der Waals surface area contributed by atoms with E-state index in [-0.39, 0.29) is 5.41 Å². The van der Waals surface area contributed by atoms with Crippen LogP contribution in [0.25, 0.3) is 16.6 Å². The van der Waals surface area contributed by atoms with Gasteiger partial charge in [-0.1, -0.05) is 45.0 Å². The molecule has 1 aromatic carbocycles. The summed E-state index contributed by atoms with van der Waals surface area (Å²) >= 11 is 0. The Morgan fingerprint density at radius 1 is 1.05 bits per heavy atom. The number of hydrogen-bond donors (Lipinski definition) is 0. The topological polar surface area (TPSA) is 30.7 Å². The Hall–Kier alpha value is -2.16. The van der Waals surface area contributed by atoms with Crippen LogP contribution >= 0.6 is 0 Å². The van der Waals surface area contributed by atoms with E-state index in [2.05, 4.69) is 56.2 Å². The van der Waals surface area contributed by atoms with Crippen LogP contribution in [0.1, 0.15) is 26.5 Å². The predicted molar refractivity (Wildman–Crippen MR) is 77.6 cm³/mol. The van der Waals surface area contributed by atoms with Crippen molar-refractivity contribution in [1.29, 1.82) is 0 Å². The molecule has 0 saturated heterocycles. The largest absolute Gasteiger partial charge is 0.232 e. The van der Waals surface area contributed by atoms with Crippen LogP contribution in [-0.2, 0) is 5.41 Å². The van der Waals surface area contributed by atoms with E-state index in [0.29, 0.717) is 0 Å². The molecule has 2 heterocycles. The Kier molecular flexibility index (Phi) is 2.63. The van der Waals surface area contributed by atoms with Gasteiger partial charge in [0.1, 0.15) is 0 Å². The van der Waals surface area contributed by atoms with Crippen LogP contribution in [0.4, 0.5) is 0 Å². The number of rotatable bonds is 1. The summed E-state index contributed by atoms with van der Waals surface area (Å²) in [6.07, 6.45) is 3.69. The molecule has 2 aromatic heterocycles. The molecule has 19 heavy (non-hydrogen) atoms. The third-order valence-electron chi connectivity index (χ3n) is 3.18. The van der Waals surface area contributed by atoms with Crippen LogP contribution < -0.4 is 0 Å². The number of fused-ring (bicyclic) bond motifs is 1. The van der Waals surface area contributed by atoms with E-state index >= 15 is 0 Å². The zero-order chi connectivity index (χ0) is 13.5. The van der Waals surface area contributed by atoms with Crippen LogP contribution in [0.3, 0.4) is 0 Å². The predicted octanol–water partition coefficient (Wildman–Crippen LogP) is 3.72. The van der Waals surface area contributed by atoms with E-state index in [0.717, 1.165) is 11.5 Å². The molecule has 0 bridgehead atoms. The lowest BCUT2D eigenvalue weighted by atomic mass is 9.88. The molecule has 0 aliphatic rings. The minimum Gasteiger partial charge on any atom is -0.232 e. The Bertz CT molecular complexity index is 706. The van der Waals surface area contributed by atoms with Crippen LogP contribution in [-0.4, -0.2) is 14.8 Å². The van der Waals surface area contributed by atoms with Crippen molar-refractivity contribution >= 4 is 10.8 Å². The fraction of sp³-hybridized carbons (Fsp3) is 0.250. The van der Waals surface area contributed by atoms with E-state index in [4.69, 9.17) is 4.98 Å². The van der Waals surface area contributed by atoms with Crippen LogP contribution in [0.15, 0.2) is 48.8 Å². The molecule has 0 amide bonds. The van der Waals surface area contributed by atoms with Gasteiger partial charge < -0.3 is 0 Å². The van der Waals surface area contributed by atoms with Gasteiger partial charge in [-0.05, 0) is 17.5 Å². The van der Waals surface area contributed by atoms with Crippen molar-refractivity contribution in [2.75, 3.05) is 0 Å². The molecule has 3 aromatic rings. The molecule has 3 nitrogen and oxygen atoms in total. The monoisotopic (exact) mass is 251 g/mol. The van der Waals surface area contributed by atoms with Gasteiger partial charge in [-0.25, -0.2) is 9.67 Å². The third-order valence-corrected chi connectivity index (χ3v) is 3.18. The Morgan fingerprint density at radius 2 is 1.84 bits per heavy atom. The zero-order valence-electron chi connectivity index (χ0n) is 11.5. The fourth-order valence-corrected chi connectivity index (χ4v) is 2.28. The van der Waals surface area contributed by atoms with E-state index in [1.54, 1.807) is 6.20 Å². The first kappa shape index (κ1) is 11.9. The van der Waals surface area contributed by atoms with Gasteiger partial charge in [-0.15, -0.1) is 0 Å². The lowest BCUT2D eigenvalue weighted by Gasteiger charge is -2.21. The summed E-state index contributed by atoms with van der Waals surface area (Å²) in [4.78, 5) is 4.82.